The molecule has 0 spiro atoms. The summed E-state index contributed by atoms with van der Waals surface area (Å²) in [6.07, 6.45) is 3.05. The molecular formula is C10H20N2O. The van der Waals surface area contributed by atoms with Crippen LogP contribution in [0.2, 0.25) is 0 Å². The molecule has 3 heteroatoms. The number of carbonyl (C=O) groups is 1. The Hall–Kier alpha value is -0.570. The van der Waals surface area contributed by atoms with Gasteiger partial charge in [-0.05, 0) is 31.8 Å². The van der Waals surface area contributed by atoms with Crippen LogP contribution in [0, 0.1) is 5.92 Å². The van der Waals surface area contributed by atoms with Gasteiger partial charge in [0.25, 0.3) is 0 Å². The number of rotatable bonds is 3. The zero-order chi connectivity index (χ0) is 9.68. The summed E-state index contributed by atoms with van der Waals surface area (Å²) in [4.78, 5) is 13.2. The topological polar surface area (TPSA) is 32.3 Å². The van der Waals surface area contributed by atoms with E-state index in [0.29, 0.717) is 12.3 Å². The van der Waals surface area contributed by atoms with Crippen LogP contribution in [0.5, 0.6) is 0 Å². The van der Waals surface area contributed by atoms with Gasteiger partial charge in [0.15, 0.2) is 0 Å². The Morgan fingerprint density at radius 2 is 2.08 bits per heavy atom. The van der Waals surface area contributed by atoms with Crippen LogP contribution in [0.15, 0.2) is 0 Å². The van der Waals surface area contributed by atoms with Gasteiger partial charge < -0.3 is 10.2 Å². The molecule has 1 aliphatic heterocycles. The van der Waals surface area contributed by atoms with Crippen molar-refractivity contribution in [2.75, 3.05) is 26.7 Å². The lowest BCUT2D eigenvalue weighted by Crippen LogP contribution is -2.36. The highest BCUT2D eigenvalue weighted by Gasteiger charge is 2.16. The van der Waals surface area contributed by atoms with Gasteiger partial charge in [-0.25, -0.2) is 0 Å². The van der Waals surface area contributed by atoms with Gasteiger partial charge in [-0.15, -0.1) is 0 Å². The third-order valence-corrected chi connectivity index (χ3v) is 2.72. The molecule has 1 amide bonds. The average molecular weight is 184 g/mol. The zero-order valence-corrected chi connectivity index (χ0v) is 8.68. The lowest BCUT2D eigenvalue weighted by Gasteiger charge is -2.27. The molecule has 13 heavy (non-hydrogen) atoms. The van der Waals surface area contributed by atoms with Gasteiger partial charge in [0.05, 0.1) is 0 Å². The summed E-state index contributed by atoms with van der Waals surface area (Å²) < 4.78 is 0. The van der Waals surface area contributed by atoms with Gasteiger partial charge in [-0.1, -0.05) is 6.92 Å². The van der Waals surface area contributed by atoms with Crippen LogP contribution in [-0.4, -0.2) is 37.5 Å². The van der Waals surface area contributed by atoms with Crippen molar-refractivity contribution in [1.29, 1.82) is 0 Å². The highest BCUT2D eigenvalue weighted by Crippen LogP contribution is 2.12. The molecule has 1 rings (SSSR count). The normalized spacial score (nSPS) is 18.6. The number of hydrogen-bond acceptors (Lipinski definition) is 2. The van der Waals surface area contributed by atoms with Crippen molar-refractivity contribution in [2.24, 2.45) is 5.92 Å². The highest BCUT2D eigenvalue weighted by atomic mass is 16.2. The van der Waals surface area contributed by atoms with Gasteiger partial charge in [0, 0.05) is 20.0 Å². The number of amides is 1. The molecule has 0 radical (unpaired) electrons. The third-order valence-electron chi connectivity index (χ3n) is 2.72. The molecule has 0 aromatic carbocycles. The second kappa shape index (κ2) is 5.22. The fourth-order valence-electron chi connectivity index (χ4n) is 1.82. The Morgan fingerprint density at radius 1 is 1.46 bits per heavy atom. The molecule has 0 aromatic rings. The standard InChI is InChI=1S/C10H20N2O/c1-3-10(13)12(2)8-9-4-6-11-7-5-9/h9,11H,3-8H2,1-2H3. The van der Waals surface area contributed by atoms with E-state index in [9.17, 15) is 4.79 Å². The SMILES string of the molecule is CCC(=O)N(C)CC1CCNCC1. The predicted octanol–water partition coefficient (Wildman–Crippen LogP) is 0.854. The summed E-state index contributed by atoms with van der Waals surface area (Å²) >= 11 is 0. The molecule has 76 valence electrons. The average Bonchev–Trinajstić information content (AvgIpc) is 2.18. The van der Waals surface area contributed by atoms with Crippen molar-refractivity contribution in [3.05, 3.63) is 0 Å². The van der Waals surface area contributed by atoms with Crippen LogP contribution < -0.4 is 5.32 Å². The molecule has 0 aromatic heterocycles. The summed E-state index contributed by atoms with van der Waals surface area (Å²) in [5.74, 6) is 0.972. The molecule has 0 saturated carbocycles. The number of nitrogens with zero attached hydrogens (tertiary/aromatic N) is 1. The quantitative estimate of drug-likeness (QED) is 0.705. The van der Waals surface area contributed by atoms with Crippen molar-refractivity contribution >= 4 is 5.91 Å². The number of carbonyl (C=O) groups excluding carboxylic acids is 1. The first kappa shape index (κ1) is 10.5. The van der Waals surface area contributed by atoms with Crippen LogP contribution >= 0.6 is 0 Å². The van der Waals surface area contributed by atoms with E-state index in [-0.39, 0.29) is 5.91 Å². The van der Waals surface area contributed by atoms with Crippen LogP contribution in [0.25, 0.3) is 0 Å². The fraction of sp³-hybridized carbons (Fsp3) is 0.900. The Labute approximate surface area is 80.5 Å². The van der Waals surface area contributed by atoms with Gasteiger partial charge in [-0.2, -0.15) is 0 Å². The summed E-state index contributed by atoms with van der Waals surface area (Å²) in [7, 11) is 1.91. The summed E-state index contributed by atoms with van der Waals surface area (Å²) in [6.45, 7) is 5.08. The van der Waals surface area contributed by atoms with Crippen LogP contribution in [0.4, 0.5) is 0 Å². The lowest BCUT2D eigenvalue weighted by atomic mass is 9.98. The molecular weight excluding hydrogens is 164 g/mol. The van der Waals surface area contributed by atoms with Crippen molar-refractivity contribution in [3.63, 3.8) is 0 Å². The number of hydrogen-bond donors (Lipinski definition) is 1. The van der Waals surface area contributed by atoms with Crippen molar-refractivity contribution in [2.45, 2.75) is 26.2 Å². The third kappa shape index (κ3) is 3.35. The molecule has 0 atom stereocenters. The lowest BCUT2D eigenvalue weighted by molar-refractivity contribution is -0.130. The number of piperidine rings is 1. The summed E-state index contributed by atoms with van der Waals surface area (Å²) in [6, 6.07) is 0. The molecule has 0 aliphatic carbocycles. The largest absolute Gasteiger partial charge is 0.345 e. The van der Waals surface area contributed by atoms with Gasteiger partial charge in [0.2, 0.25) is 5.91 Å². The van der Waals surface area contributed by atoms with E-state index in [2.05, 4.69) is 5.32 Å². The maximum atomic E-state index is 11.3. The molecule has 1 N–H and O–H groups in total. The first-order valence-corrected chi connectivity index (χ1v) is 5.18. The molecule has 0 unspecified atom stereocenters. The second-order valence-electron chi connectivity index (χ2n) is 3.82. The summed E-state index contributed by atoms with van der Waals surface area (Å²) in [5.41, 5.74) is 0. The Balaban J connectivity index is 2.25. The van der Waals surface area contributed by atoms with E-state index in [1.165, 1.54) is 12.8 Å². The molecule has 1 aliphatic rings. The number of nitrogens with one attached hydrogen (secondary N) is 1. The maximum Gasteiger partial charge on any atom is 0.222 e. The first-order valence-electron chi connectivity index (χ1n) is 5.18. The van der Waals surface area contributed by atoms with Crippen molar-refractivity contribution < 1.29 is 4.79 Å². The molecule has 0 bridgehead atoms. The van der Waals surface area contributed by atoms with Gasteiger partial charge in [-0.3, -0.25) is 4.79 Å². The van der Waals surface area contributed by atoms with E-state index in [4.69, 9.17) is 0 Å². The molecule has 1 heterocycles. The maximum absolute atomic E-state index is 11.3. The highest BCUT2D eigenvalue weighted by molar-refractivity contribution is 5.75. The Morgan fingerprint density at radius 3 is 2.62 bits per heavy atom. The van der Waals surface area contributed by atoms with Crippen LogP contribution in [0.3, 0.4) is 0 Å². The van der Waals surface area contributed by atoms with E-state index < -0.39 is 0 Å². The second-order valence-corrected chi connectivity index (χ2v) is 3.82. The van der Waals surface area contributed by atoms with Crippen LogP contribution in [0.1, 0.15) is 26.2 Å². The monoisotopic (exact) mass is 184 g/mol. The van der Waals surface area contributed by atoms with Crippen molar-refractivity contribution in [3.8, 4) is 0 Å². The minimum Gasteiger partial charge on any atom is -0.345 e. The van der Waals surface area contributed by atoms with E-state index in [1.807, 2.05) is 18.9 Å². The van der Waals surface area contributed by atoms with Gasteiger partial charge in [0.1, 0.15) is 0 Å². The van der Waals surface area contributed by atoms with Gasteiger partial charge >= 0.3 is 0 Å². The minimum absolute atomic E-state index is 0.263. The first-order chi connectivity index (χ1) is 6.24. The fourth-order valence-corrected chi connectivity index (χ4v) is 1.82. The zero-order valence-electron chi connectivity index (χ0n) is 8.68. The van der Waals surface area contributed by atoms with E-state index in [0.717, 1.165) is 19.6 Å². The predicted molar refractivity (Wildman–Crippen MR) is 53.5 cm³/mol. The summed E-state index contributed by atoms with van der Waals surface area (Å²) in [5, 5.41) is 3.33. The molecule has 1 saturated heterocycles. The van der Waals surface area contributed by atoms with Crippen LogP contribution in [-0.2, 0) is 4.79 Å². The van der Waals surface area contributed by atoms with E-state index in [1.54, 1.807) is 0 Å². The smallest absolute Gasteiger partial charge is 0.222 e. The van der Waals surface area contributed by atoms with E-state index >= 15 is 0 Å². The molecule has 3 nitrogen and oxygen atoms in total. The Kier molecular flexibility index (Phi) is 4.22. The van der Waals surface area contributed by atoms with Crippen molar-refractivity contribution in [1.82, 2.24) is 10.2 Å². The molecule has 1 fully saturated rings. The Bertz CT molecular complexity index is 164. The minimum atomic E-state index is 0.263.